The van der Waals surface area contributed by atoms with Crippen LogP contribution in [0.2, 0.25) is 0 Å². The summed E-state index contributed by atoms with van der Waals surface area (Å²) >= 11 is 1.47. The summed E-state index contributed by atoms with van der Waals surface area (Å²) < 4.78 is 38.5. The zero-order valence-electron chi connectivity index (χ0n) is 20.5. The van der Waals surface area contributed by atoms with E-state index in [1.165, 1.54) is 17.6 Å². The molecule has 3 atom stereocenters. The number of rotatable bonds is 7. The minimum Gasteiger partial charge on any atom is -0.487 e. The molecule has 192 valence electrons. The van der Waals surface area contributed by atoms with Crippen molar-refractivity contribution in [3.05, 3.63) is 53.6 Å². The number of nitrogens with zero attached hydrogens (tertiary/aromatic N) is 6. The van der Waals surface area contributed by atoms with E-state index in [9.17, 15) is 8.78 Å². The molecule has 2 N–H and O–H groups in total. The first-order chi connectivity index (χ1) is 17.4. The number of hydrogen-bond acceptors (Lipinski definition) is 9. The Labute approximate surface area is 213 Å². The molecule has 0 spiro atoms. The summed E-state index contributed by atoms with van der Waals surface area (Å²) in [4.78, 5) is 17.7. The van der Waals surface area contributed by atoms with Crippen molar-refractivity contribution in [2.45, 2.75) is 51.2 Å². The van der Waals surface area contributed by atoms with Gasteiger partial charge in [-0.1, -0.05) is 6.92 Å². The number of ether oxygens (including phenoxy) is 1. The number of aryl methyl sites for hydroxylation is 1. The van der Waals surface area contributed by atoms with Gasteiger partial charge >= 0.3 is 0 Å². The van der Waals surface area contributed by atoms with Gasteiger partial charge in [-0.05, 0) is 49.4 Å². The van der Waals surface area contributed by atoms with Gasteiger partial charge in [-0.25, -0.2) is 23.7 Å². The predicted molar refractivity (Wildman–Crippen MR) is 136 cm³/mol. The second-order valence-electron chi connectivity index (χ2n) is 9.55. The summed E-state index contributed by atoms with van der Waals surface area (Å²) in [5, 5.41) is 1.01. The SMILES string of the molecule is CCc1nsc(N2CCC(C(C)Oc3cnc(N4CC(N)C(c5cc(F)ccc5F)C4)nc3)CC2)n1. The van der Waals surface area contributed by atoms with Crippen LogP contribution < -0.4 is 20.3 Å². The highest BCUT2D eigenvalue weighted by Crippen LogP contribution is 2.32. The topological polar surface area (TPSA) is 93.3 Å². The zero-order valence-corrected chi connectivity index (χ0v) is 21.3. The lowest BCUT2D eigenvalue weighted by Gasteiger charge is -2.34. The first-order valence-electron chi connectivity index (χ1n) is 12.4. The van der Waals surface area contributed by atoms with Crippen LogP contribution in [0.1, 0.15) is 44.0 Å². The van der Waals surface area contributed by atoms with Gasteiger partial charge in [-0.3, -0.25) is 0 Å². The highest BCUT2D eigenvalue weighted by Gasteiger charge is 2.34. The molecule has 11 heteroatoms. The minimum atomic E-state index is -0.472. The van der Waals surface area contributed by atoms with E-state index in [-0.39, 0.29) is 18.1 Å². The molecule has 3 unspecified atom stereocenters. The molecule has 2 aromatic heterocycles. The van der Waals surface area contributed by atoms with Crippen LogP contribution in [0.15, 0.2) is 30.6 Å². The van der Waals surface area contributed by atoms with Crippen LogP contribution in [-0.2, 0) is 6.42 Å². The van der Waals surface area contributed by atoms with E-state index in [2.05, 4.69) is 38.1 Å². The normalized spacial score (nSPS) is 21.7. The third-order valence-electron chi connectivity index (χ3n) is 7.19. The summed E-state index contributed by atoms with van der Waals surface area (Å²) in [5.74, 6) is 1.20. The van der Waals surface area contributed by atoms with Gasteiger partial charge in [0.05, 0.1) is 18.5 Å². The maximum absolute atomic E-state index is 14.3. The number of benzene rings is 1. The summed E-state index contributed by atoms with van der Waals surface area (Å²) in [7, 11) is 0. The van der Waals surface area contributed by atoms with E-state index in [0.29, 0.717) is 36.3 Å². The molecule has 0 bridgehead atoms. The summed E-state index contributed by atoms with van der Waals surface area (Å²) in [6.07, 6.45) is 6.26. The van der Waals surface area contributed by atoms with Gasteiger partial charge in [0.15, 0.2) is 5.75 Å². The lowest BCUT2D eigenvalue weighted by Crippen LogP contribution is -2.38. The molecule has 2 aliphatic heterocycles. The molecule has 2 saturated heterocycles. The van der Waals surface area contributed by atoms with Gasteiger partial charge in [0.2, 0.25) is 11.1 Å². The molecule has 4 heterocycles. The van der Waals surface area contributed by atoms with Crippen LogP contribution in [0.4, 0.5) is 19.9 Å². The molecular formula is C25H31F2N7OS. The molecule has 36 heavy (non-hydrogen) atoms. The fraction of sp³-hybridized carbons (Fsp3) is 0.520. The smallest absolute Gasteiger partial charge is 0.225 e. The second-order valence-corrected chi connectivity index (χ2v) is 10.3. The van der Waals surface area contributed by atoms with E-state index < -0.39 is 11.6 Å². The van der Waals surface area contributed by atoms with Crippen molar-refractivity contribution < 1.29 is 13.5 Å². The van der Waals surface area contributed by atoms with Crippen molar-refractivity contribution in [2.24, 2.45) is 11.7 Å². The summed E-state index contributed by atoms with van der Waals surface area (Å²) in [6.45, 7) is 6.92. The highest BCUT2D eigenvalue weighted by atomic mass is 32.1. The van der Waals surface area contributed by atoms with Crippen LogP contribution in [0.25, 0.3) is 0 Å². The standard InChI is InChI=1S/C25H31F2N7OS/c1-3-23-31-25(36-32-23)33-8-6-16(7-9-33)15(2)35-18-11-29-24(30-12-18)34-13-20(22(28)14-34)19-10-17(26)4-5-21(19)27/h4-5,10-12,15-16,20,22H,3,6-9,13-14,28H2,1-2H3. The molecule has 2 fully saturated rings. The Morgan fingerprint density at radius 3 is 2.58 bits per heavy atom. The van der Waals surface area contributed by atoms with E-state index in [1.54, 1.807) is 12.4 Å². The number of anilines is 2. The van der Waals surface area contributed by atoms with Crippen molar-refractivity contribution >= 4 is 22.6 Å². The van der Waals surface area contributed by atoms with Gasteiger partial charge in [0, 0.05) is 56.1 Å². The molecule has 5 rings (SSSR count). The van der Waals surface area contributed by atoms with Crippen molar-refractivity contribution in [1.29, 1.82) is 0 Å². The number of hydrogen-bond donors (Lipinski definition) is 1. The van der Waals surface area contributed by atoms with Crippen LogP contribution >= 0.6 is 11.5 Å². The molecule has 0 radical (unpaired) electrons. The zero-order chi connectivity index (χ0) is 25.2. The minimum absolute atomic E-state index is 0.0303. The molecule has 1 aromatic carbocycles. The van der Waals surface area contributed by atoms with Crippen LogP contribution in [0, 0.1) is 17.6 Å². The van der Waals surface area contributed by atoms with Gasteiger partial charge in [0.25, 0.3) is 0 Å². The Kier molecular flexibility index (Phi) is 7.29. The Bertz CT molecular complexity index is 1170. The lowest BCUT2D eigenvalue weighted by molar-refractivity contribution is 0.132. The molecule has 0 amide bonds. The first kappa shape index (κ1) is 24.8. The molecular weight excluding hydrogens is 484 g/mol. The Morgan fingerprint density at radius 2 is 1.89 bits per heavy atom. The largest absolute Gasteiger partial charge is 0.487 e. The Hall–Kier alpha value is -2.92. The molecule has 2 aliphatic rings. The summed E-state index contributed by atoms with van der Waals surface area (Å²) in [6, 6.07) is 3.14. The number of nitrogens with two attached hydrogens (primary N) is 1. The highest BCUT2D eigenvalue weighted by molar-refractivity contribution is 7.09. The number of piperidine rings is 1. The first-order valence-corrected chi connectivity index (χ1v) is 13.2. The predicted octanol–water partition coefficient (Wildman–Crippen LogP) is 3.78. The number of aromatic nitrogens is 4. The van der Waals surface area contributed by atoms with E-state index in [1.807, 2.05) is 4.90 Å². The average molecular weight is 516 g/mol. The van der Waals surface area contributed by atoms with Crippen molar-refractivity contribution in [1.82, 2.24) is 19.3 Å². The Balaban J connectivity index is 1.15. The third kappa shape index (κ3) is 5.27. The Morgan fingerprint density at radius 1 is 1.14 bits per heavy atom. The average Bonchev–Trinajstić information content (AvgIpc) is 3.53. The quantitative estimate of drug-likeness (QED) is 0.508. The van der Waals surface area contributed by atoms with Crippen LogP contribution in [-0.4, -0.2) is 57.7 Å². The van der Waals surface area contributed by atoms with Crippen LogP contribution in [0.5, 0.6) is 5.75 Å². The van der Waals surface area contributed by atoms with Crippen LogP contribution in [0.3, 0.4) is 0 Å². The molecule has 8 nitrogen and oxygen atoms in total. The van der Waals surface area contributed by atoms with Crippen molar-refractivity contribution in [2.75, 3.05) is 36.0 Å². The van der Waals surface area contributed by atoms with Gasteiger partial charge in [-0.2, -0.15) is 4.37 Å². The monoisotopic (exact) mass is 515 g/mol. The molecule has 3 aromatic rings. The van der Waals surface area contributed by atoms with Gasteiger partial charge < -0.3 is 20.3 Å². The van der Waals surface area contributed by atoms with E-state index >= 15 is 0 Å². The number of halogens is 2. The molecule has 0 saturated carbocycles. The van der Waals surface area contributed by atoms with E-state index in [4.69, 9.17) is 10.5 Å². The fourth-order valence-electron chi connectivity index (χ4n) is 5.04. The maximum Gasteiger partial charge on any atom is 0.225 e. The molecule has 0 aliphatic carbocycles. The maximum atomic E-state index is 14.3. The lowest BCUT2D eigenvalue weighted by atomic mass is 9.92. The van der Waals surface area contributed by atoms with Crippen molar-refractivity contribution in [3.63, 3.8) is 0 Å². The third-order valence-corrected chi connectivity index (χ3v) is 8.00. The fourth-order valence-corrected chi connectivity index (χ4v) is 5.84. The van der Waals surface area contributed by atoms with E-state index in [0.717, 1.165) is 55.4 Å². The second kappa shape index (κ2) is 10.6. The summed E-state index contributed by atoms with van der Waals surface area (Å²) in [5.41, 5.74) is 6.56. The van der Waals surface area contributed by atoms with Gasteiger partial charge in [-0.15, -0.1) is 0 Å². The van der Waals surface area contributed by atoms with Gasteiger partial charge in [0.1, 0.15) is 17.5 Å². The van der Waals surface area contributed by atoms with Crippen molar-refractivity contribution in [3.8, 4) is 5.75 Å².